The van der Waals surface area contributed by atoms with Crippen molar-refractivity contribution in [3.05, 3.63) is 69.2 Å². The molecule has 128 valence electrons. The third-order valence-corrected chi connectivity index (χ3v) is 4.22. The average Bonchev–Trinajstić information content (AvgIpc) is 3.16. The van der Waals surface area contributed by atoms with E-state index in [4.69, 9.17) is 11.6 Å². The van der Waals surface area contributed by atoms with E-state index in [0.717, 1.165) is 10.2 Å². The predicted octanol–water partition coefficient (Wildman–Crippen LogP) is 3.00. The highest BCUT2D eigenvalue weighted by molar-refractivity contribution is 9.10. The Morgan fingerprint density at radius 2 is 1.88 bits per heavy atom. The summed E-state index contributed by atoms with van der Waals surface area (Å²) in [5, 5.41) is 4.45. The molecular weight excluding hydrogens is 410 g/mol. The normalized spacial score (nSPS) is 10.5. The van der Waals surface area contributed by atoms with Crippen molar-refractivity contribution >= 4 is 39.3 Å². The van der Waals surface area contributed by atoms with E-state index in [1.165, 1.54) is 4.68 Å². The highest BCUT2D eigenvalue weighted by atomic mass is 79.9. The highest BCUT2D eigenvalue weighted by Crippen LogP contribution is 2.23. The Balaban J connectivity index is 1.76. The molecule has 0 aliphatic rings. The zero-order valence-electron chi connectivity index (χ0n) is 13.0. The second-order valence-corrected chi connectivity index (χ2v) is 6.41. The molecule has 0 atom stereocenters. The fraction of sp³-hybridized carbons (Fsp3) is 0.0625. The lowest BCUT2D eigenvalue weighted by atomic mass is 10.2. The van der Waals surface area contributed by atoms with E-state index in [-0.39, 0.29) is 10.7 Å². The molecule has 3 aromatic rings. The molecule has 0 fully saturated rings. The van der Waals surface area contributed by atoms with Gasteiger partial charge in [0.1, 0.15) is 16.4 Å². The quantitative estimate of drug-likeness (QED) is 0.567. The van der Waals surface area contributed by atoms with Gasteiger partial charge >= 0.3 is 0 Å². The van der Waals surface area contributed by atoms with E-state index < -0.39 is 11.8 Å². The first-order chi connectivity index (χ1) is 12.0. The number of aryl methyl sites for hydroxylation is 1. The van der Waals surface area contributed by atoms with Gasteiger partial charge in [-0.15, -0.1) is 0 Å². The maximum Gasteiger partial charge on any atom is 0.286 e. The van der Waals surface area contributed by atoms with Gasteiger partial charge in [-0.2, -0.15) is 5.10 Å². The molecule has 0 unspecified atom stereocenters. The van der Waals surface area contributed by atoms with Gasteiger partial charge in [0.15, 0.2) is 0 Å². The summed E-state index contributed by atoms with van der Waals surface area (Å²) in [4.78, 5) is 27.1. The molecule has 3 N–H and O–H groups in total. The Kier molecular flexibility index (Phi) is 4.91. The average molecular weight is 423 g/mol. The molecule has 0 saturated carbocycles. The van der Waals surface area contributed by atoms with E-state index in [1.807, 2.05) is 30.3 Å². The Morgan fingerprint density at radius 3 is 2.52 bits per heavy atom. The molecule has 0 spiro atoms. The summed E-state index contributed by atoms with van der Waals surface area (Å²) in [5.74, 6) is -1.04. The van der Waals surface area contributed by atoms with Crippen LogP contribution in [-0.2, 0) is 0 Å². The van der Waals surface area contributed by atoms with E-state index in [0.29, 0.717) is 11.4 Å². The largest absolute Gasteiger partial charge is 0.356 e. The smallest absolute Gasteiger partial charge is 0.286 e. The third kappa shape index (κ3) is 3.59. The molecule has 0 aliphatic carbocycles. The Bertz CT molecular complexity index is 935. The van der Waals surface area contributed by atoms with Gasteiger partial charge in [0, 0.05) is 10.7 Å². The predicted molar refractivity (Wildman–Crippen MR) is 96.7 cm³/mol. The fourth-order valence-electron chi connectivity index (χ4n) is 2.24. The van der Waals surface area contributed by atoms with E-state index in [9.17, 15) is 9.59 Å². The minimum absolute atomic E-state index is 0.165. The number of carbonyl (C=O) groups is 2. The van der Waals surface area contributed by atoms with Crippen LogP contribution in [0.2, 0.25) is 5.15 Å². The van der Waals surface area contributed by atoms with Crippen LogP contribution in [0.1, 0.15) is 26.5 Å². The van der Waals surface area contributed by atoms with Crippen molar-refractivity contribution in [2.75, 3.05) is 0 Å². The van der Waals surface area contributed by atoms with Crippen LogP contribution in [0.15, 0.2) is 47.1 Å². The number of H-pyrrole nitrogens is 1. The van der Waals surface area contributed by atoms with Crippen LogP contribution in [0.5, 0.6) is 0 Å². The van der Waals surface area contributed by atoms with Crippen LogP contribution in [0.3, 0.4) is 0 Å². The Morgan fingerprint density at radius 1 is 1.20 bits per heavy atom. The van der Waals surface area contributed by atoms with Crippen molar-refractivity contribution in [3.63, 3.8) is 0 Å². The number of nitrogens with zero attached hydrogens (tertiary/aromatic N) is 2. The maximum atomic E-state index is 12.4. The van der Waals surface area contributed by atoms with E-state index >= 15 is 0 Å². The molecule has 2 aromatic heterocycles. The number of hydrogen-bond acceptors (Lipinski definition) is 3. The number of rotatable bonds is 3. The third-order valence-electron chi connectivity index (χ3n) is 3.41. The lowest BCUT2D eigenvalue weighted by Gasteiger charge is -2.06. The van der Waals surface area contributed by atoms with Gasteiger partial charge in [-0.3, -0.25) is 20.4 Å². The molecule has 0 saturated heterocycles. The second kappa shape index (κ2) is 7.12. The summed E-state index contributed by atoms with van der Waals surface area (Å²) < 4.78 is 2.20. The van der Waals surface area contributed by atoms with Crippen LogP contribution in [0.25, 0.3) is 5.69 Å². The van der Waals surface area contributed by atoms with Crippen LogP contribution >= 0.6 is 27.5 Å². The van der Waals surface area contributed by atoms with Gasteiger partial charge in [0.05, 0.1) is 11.4 Å². The maximum absolute atomic E-state index is 12.4. The first kappa shape index (κ1) is 17.2. The molecule has 0 radical (unpaired) electrons. The van der Waals surface area contributed by atoms with Crippen LogP contribution in [0.4, 0.5) is 0 Å². The lowest BCUT2D eigenvalue weighted by Crippen LogP contribution is -2.42. The van der Waals surface area contributed by atoms with Gasteiger partial charge in [-0.05, 0) is 41.1 Å². The first-order valence-electron chi connectivity index (χ1n) is 7.22. The Hall–Kier alpha value is -2.58. The lowest BCUT2D eigenvalue weighted by molar-refractivity contribution is 0.0844. The van der Waals surface area contributed by atoms with Crippen LogP contribution < -0.4 is 10.9 Å². The number of para-hydroxylation sites is 1. The van der Waals surface area contributed by atoms with Crippen molar-refractivity contribution in [2.24, 2.45) is 0 Å². The number of hydrazine groups is 1. The molecule has 0 aliphatic heterocycles. The Labute approximate surface area is 156 Å². The summed E-state index contributed by atoms with van der Waals surface area (Å²) in [6.07, 6.45) is 1.61. The molecular formula is C16H13BrClN5O2. The minimum atomic E-state index is -0.552. The van der Waals surface area contributed by atoms with Crippen LogP contribution in [-0.4, -0.2) is 26.6 Å². The second-order valence-electron chi connectivity index (χ2n) is 5.14. The number of benzene rings is 1. The zero-order valence-corrected chi connectivity index (χ0v) is 15.4. The van der Waals surface area contributed by atoms with Crippen molar-refractivity contribution in [1.82, 2.24) is 25.6 Å². The summed E-state index contributed by atoms with van der Waals surface area (Å²) in [7, 11) is 0. The number of carbonyl (C=O) groups excluding carboxylic acids is 2. The summed E-state index contributed by atoms with van der Waals surface area (Å²) in [6, 6.07) is 10.8. The molecule has 0 bridgehead atoms. The van der Waals surface area contributed by atoms with Gasteiger partial charge in [-0.1, -0.05) is 29.8 Å². The number of amides is 2. The molecule has 7 nitrogen and oxygen atoms in total. The molecule has 9 heteroatoms. The highest BCUT2D eigenvalue weighted by Gasteiger charge is 2.21. The van der Waals surface area contributed by atoms with Gasteiger partial charge in [0.25, 0.3) is 11.8 Å². The van der Waals surface area contributed by atoms with E-state index in [2.05, 4.69) is 36.9 Å². The van der Waals surface area contributed by atoms with Crippen LogP contribution in [0, 0.1) is 6.92 Å². The van der Waals surface area contributed by atoms with Crippen molar-refractivity contribution in [1.29, 1.82) is 0 Å². The number of nitrogens with one attached hydrogen (secondary N) is 3. The van der Waals surface area contributed by atoms with E-state index in [1.54, 1.807) is 19.2 Å². The SMILES string of the molecule is Cc1nn(-c2ccccc2)c(Cl)c1C(=O)NNC(=O)c1cc(Br)c[nH]1. The summed E-state index contributed by atoms with van der Waals surface area (Å²) in [5.41, 5.74) is 6.34. The standard InChI is InChI=1S/C16H13BrClN5O2/c1-9-13(14(18)23(22-9)11-5-3-2-4-6-11)16(25)21-20-15(24)12-7-10(17)8-19-12/h2-8,19H,1H3,(H,20,24)(H,21,25). The number of hydrogen-bond donors (Lipinski definition) is 3. The molecule has 2 heterocycles. The number of aromatic amines is 1. The van der Waals surface area contributed by atoms with Gasteiger partial charge in [-0.25, -0.2) is 4.68 Å². The zero-order chi connectivity index (χ0) is 18.0. The van der Waals surface area contributed by atoms with Crippen molar-refractivity contribution in [3.8, 4) is 5.69 Å². The fourth-order valence-corrected chi connectivity index (χ4v) is 2.94. The number of halogens is 2. The summed E-state index contributed by atoms with van der Waals surface area (Å²) in [6.45, 7) is 1.67. The van der Waals surface area contributed by atoms with Gasteiger partial charge in [0.2, 0.25) is 0 Å². The van der Waals surface area contributed by atoms with Crippen molar-refractivity contribution < 1.29 is 9.59 Å². The molecule has 1 aromatic carbocycles. The number of aromatic nitrogens is 3. The topological polar surface area (TPSA) is 91.8 Å². The van der Waals surface area contributed by atoms with Gasteiger partial charge < -0.3 is 4.98 Å². The first-order valence-corrected chi connectivity index (χ1v) is 8.39. The minimum Gasteiger partial charge on any atom is -0.356 e. The molecule has 3 rings (SSSR count). The molecule has 25 heavy (non-hydrogen) atoms. The summed E-state index contributed by atoms with van der Waals surface area (Å²) >= 11 is 9.54. The monoisotopic (exact) mass is 421 g/mol. The molecule has 2 amide bonds. The van der Waals surface area contributed by atoms with Crippen molar-refractivity contribution in [2.45, 2.75) is 6.92 Å².